The largest absolute Gasteiger partial charge is 0.369 e. The van der Waals surface area contributed by atoms with E-state index in [1.807, 2.05) is 28.8 Å². The lowest BCUT2D eigenvalue weighted by atomic mass is 10.2. The summed E-state index contributed by atoms with van der Waals surface area (Å²) >= 11 is 0. The number of nitrogens with zero attached hydrogens (tertiary/aromatic N) is 5. The van der Waals surface area contributed by atoms with Gasteiger partial charge in [-0.25, -0.2) is 4.98 Å². The Bertz CT molecular complexity index is 955. The van der Waals surface area contributed by atoms with Crippen LogP contribution in [-0.4, -0.2) is 24.7 Å². The van der Waals surface area contributed by atoms with Gasteiger partial charge in [-0.2, -0.15) is 4.98 Å². The smallest absolute Gasteiger partial charge is 0.246 e. The van der Waals surface area contributed by atoms with Crippen LogP contribution in [0.5, 0.6) is 0 Å². The highest BCUT2D eigenvalue weighted by molar-refractivity contribution is 6.02. The first kappa shape index (κ1) is 11.8. The summed E-state index contributed by atoms with van der Waals surface area (Å²) in [5, 5.41) is 4.79. The first-order valence-electron chi connectivity index (χ1n) is 6.51. The number of benzene rings is 1. The Morgan fingerprint density at radius 3 is 2.86 bits per heavy atom. The van der Waals surface area contributed by atoms with Crippen molar-refractivity contribution in [1.29, 1.82) is 0 Å². The number of rotatable bonds is 2. The summed E-state index contributed by atoms with van der Waals surface area (Å²) in [5.41, 5.74) is 8.61. The van der Waals surface area contributed by atoms with Crippen molar-refractivity contribution in [3.8, 4) is 0 Å². The van der Waals surface area contributed by atoms with Crippen LogP contribution in [0.4, 0.5) is 5.95 Å². The van der Waals surface area contributed by atoms with Gasteiger partial charge in [0.15, 0.2) is 5.82 Å². The molecule has 0 saturated carbocycles. The minimum Gasteiger partial charge on any atom is -0.369 e. The van der Waals surface area contributed by atoms with Crippen LogP contribution in [-0.2, 0) is 6.54 Å². The lowest BCUT2D eigenvalue weighted by molar-refractivity contribution is 0.369. The van der Waals surface area contributed by atoms with E-state index in [0.29, 0.717) is 24.2 Å². The Balaban J connectivity index is 1.98. The fraction of sp³-hybridized carbons (Fsp3) is 0.143. The fourth-order valence-corrected chi connectivity index (χ4v) is 2.48. The molecular weight excluding hydrogens is 268 g/mol. The molecule has 0 fully saturated rings. The van der Waals surface area contributed by atoms with Crippen LogP contribution in [0.1, 0.15) is 11.7 Å². The number of para-hydroxylation sites is 1. The Kier molecular flexibility index (Phi) is 2.41. The summed E-state index contributed by atoms with van der Waals surface area (Å²) in [5.74, 6) is 1.50. The van der Waals surface area contributed by atoms with E-state index < -0.39 is 0 Å². The maximum atomic E-state index is 6.03. The molecule has 0 atom stereocenters. The Morgan fingerprint density at radius 1 is 1.19 bits per heavy atom. The highest BCUT2D eigenvalue weighted by Gasteiger charge is 2.14. The molecule has 4 rings (SSSR count). The maximum absolute atomic E-state index is 6.03. The summed E-state index contributed by atoms with van der Waals surface area (Å²) in [6.45, 7) is 2.17. The van der Waals surface area contributed by atoms with Gasteiger partial charge in [0.05, 0.1) is 17.2 Å². The molecule has 0 radical (unpaired) electrons. The molecule has 0 bridgehead atoms. The van der Waals surface area contributed by atoms with E-state index in [0.717, 1.165) is 21.9 Å². The number of pyridine rings is 1. The summed E-state index contributed by atoms with van der Waals surface area (Å²) < 4.78 is 7.04. The monoisotopic (exact) mass is 280 g/mol. The number of anilines is 1. The zero-order chi connectivity index (χ0) is 14.4. The molecule has 21 heavy (non-hydrogen) atoms. The van der Waals surface area contributed by atoms with Gasteiger partial charge in [0, 0.05) is 5.39 Å². The average Bonchev–Trinajstić information content (AvgIpc) is 3.03. The molecule has 7 heteroatoms. The SMILES string of the molecule is Cc1noc(Cn2c(N)nc3cnc4ccccc4c32)n1. The van der Waals surface area contributed by atoms with Crippen LogP contribution in [0, 0.1) is 6.92 Å². The Morgan fingerprint density at radius 2 is 2.05 bits per heavy atom. The standard InChI is InChI=1S/C14H12N6O/c1-8-17-12(21-19-8)7-20-13-9-4-2-3-5-10(9)16-6-11(13)18-14(20)15/h2-6H,7H2,1H3,(H2,15,18). The highest BCUT2D eigenvalue weighted by Crippen LogP contribution is 2.26. The number of nitrogen functional groups attached to an aromatic ring is 1. The van der Waals surface area contributed by atoms with Gasteiger partial charge in [0.2, 0.25) is 11.8 Å². The third-order valence-electron chi connectivity index (χ3n) is 3.37. The minimum atomic E-state index is 0.386. The highest BCUT2D eigenvalue weighted by atomic mass is 16.5. The summed E-state index contributed by atoms with van der Waals surface area (Å²) in [6, 6.07) is 7.88. The summed E-state index contributed by atoms with van der Waals surface area (Å²) in [7, 11) is 0. The lowest BCUT2D eigenvalue weighted by Gasteiger charge is -2.05. The quantitative estimate of drug-likeness (QED) is 0.602. The van der Waals surface area contributed by atoms with Gasteiger partial charge in [0.1, 0.15) is 12.1 Å². The predicted molar refractivity (Wildman–Crippen MR) is 77.6 cm³/mol. The number of aryl methyl sites for hydroxylation is 1. The van der Waals surface area contributed by atoms with Crippen molar-refractivity contribution in [2.24, 2.45) is 0 Å². The van der Waals surface area contributed by atoms with Gasteiger partial charge in [-0.05, 0) is 13.0 Å². The van der Waals surface area contributed by atoms with Crippen LogP contribution in [0.25, 0.3) is 21.9 Å². The zero-order valence-electron chi connectivity index (χ0n) is 11.3. The second-order valence-electron chi connectivity index (χ2n) is 4.80. The van der Waals surface area contributed by atoms with Gasteiger partial charge < -0.3 is 14.8 Å². The third kappa shape index (κ3) is 1.82. The van der Waals surface area contributed by atoms with Gasteiger partial charge >= 0.3 is 0 Å². The van der Waals surface area contributed by atoms with Gasteiger partial charge in [0.25, 0.3) is 0 Å². The molecule has 0 aliphatic rings. The first-order valence-corrected chi connectivity index (χ1v) is 6.51. The third-order valence-corrected chi connectivity index (χ3v) is 3.37. The Labute approximate surface area is 119 Å². The van der Waals surface area contributed by atoms with E-state index in [1.165, 1.54) is 0 Å². The van der Waals surface area contributed by atoms with Crippen LogP contribution < -0.4 is 5.73 Å². The molecular formula is C14H12N6O. The van der Waals surface area contributed by atoms with E-state index in [-0.39, 0.29) is 0 Å². The molecule has 3 aromatic heterocycles. The number of fused-ring (bicyclic) bond motifs is 3. The van der Waals surface area contributed by atoms with E-state index in [2.05, 4.69) is 20.1 Å². The molecule has 0 amide bonds. The second-order valence-corrected chi connectivity index (χ2v) is 4.80. The Hall–Kier alpha value is -2.96. The molecule has 0 unspecified atom stereocenters. The number of imidazole rings is 1. The van der Waals surface area contributed by atoms with E-state index in [4.69, 9.17) is 10.3 Å². The number of hydrogen-bond acceptors (Lipinski definition) is 6. The maximum Gasteiger partial charge on any atom is 0.246 e. The molecule has 3 heterocycles. The number of aromatic nitrogens is 5. The molecule has 4 aromatic rings. The van der Waals surface area contributed by atoms with Gasteiger partial charge in [-0.1, -0.05) is 23.4 Å². The molecule has 0 saturated heterocycles. The molecule has 104 valence electrons. The van der Waals surface area contributed by atoms with Gasteiger partial charge in [-0.15, -0.1) is 0 Å². The van der Waals surface area contributed by atoms with E-state index in [9.17, 15) is 0 Å². The fourth-order valence-electron chi connectivity index (χ4n) is 2.48. The molecule has 2 N–H and O–H groups in total. The van der Waals surface area contributed by atoms with E-state index in [1.54, 1.807) is 13.1 Å². The van der Waals surface area contributed by atoms with Crippen LogP contribution in [0.15, 0.2) is 35.0 Å². The van der Waals surface area contributed by atoms with Crippen molar-refractivity contribution < 1.29 is 4.52 Å². The first-order chi connectivity index (χ1) is 10.2. The molecule has 0 spiro atoms. The molecule has 7 nitrogen and oxygen atoms in total. The van der Waals surface area contributed by atoms with Crippen molar-refractivity contribution >= 4 is 27.9 Å². The molecule has 0 aliphatic carbocycles. The van der Waals surface area contributed by atoms with Crippen LogP contribution in [0.3, 0.4) is 0 Å². The summed E-state index contributed by atoms with van der Waals surface area (Å²) in [6.07, 6.45) is 1.73. The zero-order valence-corrected chi connectivity index (χ0v) is 11.3. The topological polar surface area (TPSA) is 95.7 Å². The van der Waals surface area contributed by atoms with E-state index >= 15 is 0 Å². The minimum absolute atomic E-state index is 0.386. The lowest BCUT2D eigenvalue weighted by Crippen LogP contribution is -2.05. The predicted octanol–water partition coefficient (Wildman–Crippen LogP) is 1.91. The van der Waals surface area contributed by atoms with Crippen molar-refractivity contribution in [3.63, 3.8) is 0 Å². The van der Waals surface area contributed by atoms with Crippen molar-refractivity contribution in [2.75, 3.05) is 5.73 Å². The van der Waals surface area contributed by atoms with Gasteiger partial charge in [-0.3, -0.25) is 4.98 Å². The number of hydrogen-bond donors (Lipinski definition) is 1. The molecule has 1 aromatic carbocycles. The normalized spacial score (nSPS) is 11.5. The summed E-state index contributed by atoms with van der Waals surface area (Å²) in [4.78, 5) is 13.0. The van der Waals surface area contributed by atoms with Crippen LogP contribution in [0.2, 0.25) is 0 Å². The average molecular weight is 280 g/mol. The van der Waals surface area contributed by atoms with Crippen molar-refractivity contribution in [2.45, 2.75) is 13.5 Å². The second kappa shape index (κ2) is 4.27. The van der Waals surface area contributed by atoms with Crippen molar-refractivity contribution in [3.05, 3.63) is 42.2 Å². The van der Waals surface area contributed by atoms with Crippen molar-refractivity contribution in [1.82, 2.24) is 24.7 Å². The van der Waals surface area contributed by atoms with Crippen LogP contribution >= 0.6 is 0 Å². The molecule has 0 aliphatic heterocycles. The number of nitrogens with two attached hydrogens (primary N) is 1.